The Morgan fingerprint density at radius 3 is 1.14 bits per heavy atom. The lowest BCUT2D eigenvalue weighted by Crippen LogP contribution is -2.66. The van der Waals surface area contributed by atoms with Crippen LogP contribution in [0, 0.1) is 0 Å². The van der Waals surface area contributed by atoms with Gasteiger partial charge in [-0.2, -0.15) is 0 Å². The second-order valence-electron chi connectivity index (χ2n) is 24.6. The Hall–Kier alpha value is -4.33. The first-order chi connectivity index (χ1) is 46.3. The fourth-order valence-corrected chi connectivity index (χ4v) is 10.9. The van der Waals surface area contributed by atoms with Crippen molar-refractivity contribution in [2.24, 2.45) is 0 Å². The van der Waals surface area contributed by atoms with E-state index in [4.69, 9.17) is 28.4 Å². The van der Waals surface area contributed by atoms with Crippen LogP contribution in [0.25, 0.3) is 0 Å². The van der Waals surface area contributed by atoms with Crippen molar-refractivity contribution >= 4 is 5.91 Å². The zero-order chi connectivity index (χ0) is 68.9. The second kappa shape index (κ2) is 55.5. The smallest absolute Gasteiger partial charge is 0.220 e. The van der Waals surface area contributed by atoms with Gasteiger partial charge in [-0.1, -0.05) is 230 Å². The Kier molecular flexibility index (Phi) is 49.6. The molecule has 17 unspecified atom stereocenters. The number of hydrogen-bond acceptors (Lipinski definition) is 18. The number of amides is 1. The molecular formula is C76H123NO18. The molecule has 3 saturated heterocycles. The van der Waals surface area contributed by atoms with Crippen molar-refractivity contribution in [2.45, 2.75) is 298 Å². The highest BCUT2D eigenvalue weighted by Gasteiger charge is 2.53. The van der Waals surface area contributed by atoms with Crippen LogP contribution in [-0.2, 0) is 33.2 Å². The molecular weight excluding hydrogens is 1210 g/mol. The third-order valence-corrected chi connectivity index (χ3v) is 16.7. The highest BCUT2D eigenvalue weighted by atomic mass is 16.8. The molecule has 3 heterocycles. The van der Waals surface area contributed by atoms with E-state index < -0.39 is 124 Å². The molecule has 19 nitrogen and oxygen atoms in total. The van der Waals surface area contributed by atoms with E-state index in [2.05, 4.69) is 165 Å². The number of carbonyl (C=O) groups is 1. The average Bonchev–Trinajstić information content (AvgIpc) is 0.797. The molecule has 3 aliphatic heterocycles. The van der Waals surface area contributed by atoms with Crippen LogP contribution in [0.1, 0.15) is 194 Å². The SMILES string of the molecule is CC/C=C\C/C=C\C/C=C\C/C=C\C/C=C\C/C=C\C/C=C\C/C=C\C/C=C\C/C=C\C/C=C\C/C=C\CCCCCCC(=O)NC(COC1OC(CO)C(OC2OC(CO)C(OC3OC(CO)C(O)C(O)C3O)C(O)C2O)C(O)C1O)C(O)CCCCCCCCCCC. The Balaban J connectivity index is 1.32. The van der Waals surface area contributed by atoms with Crippen molar-refractivity contribution < 1.29 is 89.4 Å². The minimum absolute atomic E-state index is 0.226. The summed E-state index contributed by atoms with van der Waals surface area (Å²) in [7, 11) is 0. The molecule has 0 spiro atoms. The van der Waals surface area contributed by atoms with E-state index in [1.54, 1.807) is 0 Å². The van der Waals surface area contributed by atoms with Gasteiger partial charge in [-0.25, -0.2) is 0 Å². The summed E-state index contributed by atoms with van der Waals surface area (Å²) < 4.78 is 34.3. The highest BCUT2D eigenvalue weighted by molar-refractivity contribution is 5.76. The van der Waals surface area contributed by atoms with Crippen LogP contribution in [0.3, 0.4) is 0 Å². The number of nitrogens with one attached hydrogen (secondary N) is 1. The van der Waals surface area contributed by atoms with E-state index >= 15 is 0 Å². The molecule has 12 N–H and O–H groups in total. The summed E-state index contributed by atoms with van der Waals surface area (Å²) in [5.41, 5.74) is 0. The van der Waals surface area contributed by atoms with E-state index in [1.807, 2.05) is 0 Å². The predicted molar refractivity (Wildman–Crippen MR) is 373 cm³/mol. The van der Waals surface area contributed by atoms with Gasteiger partial charge < -0.3 is 89.9 Å². The number of allylic oxidation sites excluding steroid dienone is 24. The van der Waals surface area contributed by atoms with Gasteiger partial charge in [0.05, 0.1) is 38.6 Å². The number of aliphatic hydroxyl groups excluding tert-OH is 11. The molecule has 0 aliphatic carbocycles. The number of unbranched alkanes of at least 4 members (excludes halogenated alkanes) is 12. The van der Waals surface area contributed by atoms with Crippen LogP contribution in [-0.4, -0.2) is 193 Å². The van der Waals surface area contributed by atoms with Crippen molar-refractivity contribution in [3.05, 3.63) is 146 Å². The van der Waals surface area contributed by atoms with Crippen molar-refractivity contribution in [2.75, 3.05) is 26.4 Å². The van der Waals surface area contributed by atoms with Gasteiger partial charge in [-0.05, 0) is 103 Å². The Labute approximate surface area is 568 Å². The molecule has 1 amide bonds. The number of rotatable bonds is 52. The van der Waals surface area contributed by atoms with Crippen LogP contribution >= 0.6 is 0 Å². The molecule has 0 aromatic carbocycles. The highest BCUT2D eigenvalue weighted by Crippen LogP contribution is 2.33. The lowest BCUT2D eigenvalue weighted by molar-refractivity contribution is -0.379. The van der Waals surface area contributed by atoms with Crippen molar-refractivity contribution in [1.82, 2.24) is 5.32 Å². The standard InChI is InChI=1S/C76H123NO18/c1-3-5-7-9-11-13-14-15-16-17-18-19-20-21-22-23-24-25-26-27-28-29-30-31-32-33-34-35-36-37-38-39-40-41-42-43-44-46-48-50-52-54-64(82)77-59(60(81)53-51-49-47-45-12-10-8-6-4-2)58-90-74-70(88)67(85)72(62(56-79)92-74)95-76-71(89)68(86)73(63(57-80)93-76)94-75-69(87)66(84)65(83)61(55-78)91-75/h5,7,11,13,15-16,18-19,21-22,24-25,27-28,30-31,33-34,36-37,39-40,42-43,59-63,65-76,78-81,83-89H,3-4,6,8-10,12,14,17,20,23,26,29,32,35,38,41,44-58H2,1-2H3,(H,77,82)/b7-5-,13-11-,16-15-,19-18-,22-21-,25-24-,28-27-,31-30-,34-33-,37-36-,40-39-,43-42-. The Morgan fingerprint density at radius 2 is 0.726 bits per heavy atom. The van der Waals surface area contributed by atoms with Gasteiger partial charge in [0.2, 0.25) is 5.91 Å². The average molecular weight is 1340 g/mol. The topological polar surface area (TPSA) is 307 Å². The molecule has 3 rings (SSSR count). The first kappa shape index (κ1) is 84.9. The third-order valence-electron chi connectivity index (χ3n) is 16.7. The van der Waals surface area contributed by atoms with E-state index in [0.717, 1.165) is 128 Å². The van der Waals surface area contributed by atoms with Crippen LogP contribution in [0.5, 0.6) is 0 Å². The number of ether oxygens (including phenoxy) is 6. The van der Waals surface area contributed by atoms with Gasteiger partial charge in [0.15, 0.2) is 18.9 Å². The summed E-state index contributed by atoms with van der Waals surface area (Å²) >= 11 is 0. The summed E-state index contributed by atoms with van der Waals surface area (Å²) in [5, 5.41) is 120. The Morgan fingerprint density at radius 1 is 0.389 bits per heavy atom. The number of hydrogen-bond donors (Lipinski definition) is 12. The maximum Gasteiger partial charge on any atom is 0.220 e. The molecule has 3 aliphatic rings. The van der Waals surface area contributed by atoms with Crippen molar-refractivity contribution in [3.8, 4) is 0 Å². The summed E-state index contributed by atoms with van der Waals surface area (Å²) in [5.74, 6) is -0.277. The largest absolute Gasteiger partial charge is 0.394 e. The van der Waals surface area contributed by atoms with Crippen molar-refractivity contribution in [3.63, 3.8) is 0 Å². The van der Waals surface area contributed by atoms with Crippen LogP contribution in [0.15, 0.2) is 146 Å². The first-order valence-corrected chi connectivity index (χ1v) is 35.6. The lowest BCUT2D eigenvalue weighted by Gasteiger charge is -2.48. The first-order valence-electron chi connectivity index (χ1n) is 35.6. The molecule has 17 atom stereocenters. The Bertz CT molecular complexity index is 2290. The van der Waals surface area contributed by atoms with Gasteiger partial charge in [0.25, 0.3) is 0 Å². The molecule has 19 heteroatoms. The minimum atomic E-state index is -1.98. The molecule has 540 valence electrons. The minimum Gasteiger partial charge on any atom is -0.394 e. The third kappa shape index (κ3) is 36.9. The summed E-state index contributed by atoms with van der Waals surface area (Å²) in [4.78, 5) is 13.4. The van der Waals surface area contributed by atoms with Crippen LogP contribution in [0.4, 0.5) is 0 Å². The van der Waals surface area contributed by atoms with Crippen molar-refractivity contribution in [1.29, 1.82) is 0 Å². The quantitative estimate of drug-likeness (QED) is 0.0199. The molecule has 0 radical (unpaired) electrons. The van der Waals surface area contributed by atoms with E-state index in [9.17, 15) is 61.0 Å². The lowest BCUT2D eigenvalue weighted by atomic mass is 9.96. The molecule has 0 aromatic rings. The van der Waals surface area contributed by atoms with E-state index in [1.165, 1.54) is 25.7 Å². The van der Waals surface area contributed by atoms with Gasteiger partial charge in [-0.15, -0.1) is 0 Å². The molecule has 0 saturated carbocycles. The normalized spacial score (nSPS) is 28.1. The fourth-order valence-electron chi connectivity index (χ4n) is 10.9. The van der Waals surface area contributed by atoms with E-state index in [-0.39, 0.29) is 18.9 Å². The maximum atomic E-state index is 13.4. The van der Waals surface area contributed by atoms with Gasteiger partial charge in [0, 0.05) is 6.42 Å². The summed E-state index contributed by atoms with van der Waals surface area (Å²) in [6.07, 6.45) is 52.5. The predicted octanol–water partition coefficient (Wildman–Crippen LogP) is 9.93. The van der Waals surface area contributed by atoms with Gasteiger partial charge >= 0.3 is 0 Å². The van der Waals surface area contributed by atoms with Gasteiger partial charge in [-0.3, -0.25) is 4.79 Å². The molecule has 3 fully saturated rings. The van der Waals surface area contributed by atoms with Crippen LogP contribution in [0.2, 0.25) is 0 Å². The summed E-state index contributed by atoms with van der Waals surface area (Å²) in [6, 6.07) is -0.910. The number of aliphatic hydroxyl groups is 11. The molecule has 0 aromatic heterocycles. The van der Waals surface area contributed by atoms with Gasteiger partial charge in [0.1, 0.15) is 73.2 Å². The fraction of sp³-hybridized carbons (Fsp3) is 0.671. The second-order valence-corrected chi connectivity index (χ2v) is 24.6. The monoisotopic (exact) mass is 1340 g/mol. The summed E-state index contributed by atoms with van der Waals surface area (Å²) in [6.45, 7) is 1.59. The zero-order valence-electron chi connectivity index (χ0n) is 57.1. The molecule has 95 heavy (non-hydrogen) atoms. The molecule has 0 bridgehead atoms. The number of carbonyl (C=O) groups excluding carboxylic acids is 1. The zero-order valence-corrected chi connectivity index (χ0v) is 57.1. The van der Waals surface area contributed by atoms with E-state index in [0.29, 0.717) is 19.3 Å². The van der Waals surface area contributed by atoms with Crippen LogP contribution < -0.4 is 5.32 Å². The maximum absolute atomic E-state index is 13.4.